The zero-order valence-corrected chi connectivity index (χ0v) is 18.5. The lowest BCUT2D eigenvalue weighted by atomic mass is 10.1. The number of rotatable bonds is 10. The number of aliphatic hydroxyl groups excluding tert-OH is 4. The fourth-order valence-corrected chi connectivity index (χ4v) is 4.84. The molecular formula is C23H29N3O5S. The molecule has 1 saturated heterocycles. The molecule has 1 fully saturated rings. The largest absolute Gasteiger partial charge is 0.396 e. The topological polar surface area (TPSA) is 120 Å². The number of nitrogens with one attached hydrogen (secondary N) is 1. The zero-order chi connectivity index (χ0) is 22.5. The maximum absolute atomic E-state index is 10.6. The molecule has 4 rings (SSSR count). The summed E-state index contributed by atoms with van der Waals surface area (Å²) in [6.07, 6.45) is -2.32. The van der Waals surface area contributed by atoms with Crippen LogP contribution in [0, 0.1) is 0 Å². The Bertz CT molecular complexity index is 1030. The van der Waals surface area contributed by atoms with Gasteiger partial charge in [0, 0.05) is 18.0 Å². The quantitative estimate of drug-likeness (QED) is 0.231. The minimum atomic E-state index is -1.19. The van der Waals surface area contributed by atoms with Crippen LogP contribution in [0.1, 0.15) is 24.6 Å². The number of hydrogen-bond acceptors (Lipinski definition) is 8. The molecule has 1 aliphatic rings. The Labute approximate surface area is 190 Å². The second-order valence-electron chi connectivity index (χ2n) is 7.80. The van der Waals surface area contributed by atoms with Crippen molar-refractivity contribution in [2.75, 3.05) is 24.3 Å². The van der Waals surface area contributed by atoms with Gasteiger partial charge >= 0.3 is 0 Å². The Morgan fingerprint density at radius 1 is 1.03 bits per heavy atom. The molecule has 0 amide bonds. The Kier molecular flexibility index (Phi) is 7.67. The van der Waals surface area contributed by atoms with Crippen molar-refractivity contribution in [1.82, 2.24) is 9.55 Å². The molecule has 0 aliphatic carbocycles. The van der Waals surface area contributed by atoms with E-state index in [1.54, 1.807) is 16.3 Å². The predicted molar refractivity (Wildman–Crippen MR) is 124 cm³/mol. The van der Waals surface area contributed by atoms with Gasteiger partial charge in [-0.25, -0.2) is 4.98 Å². The summed E-state index contributed by atoms with van der Waals surface area (Å²) in [5.41, 5.74) is 2.58. The molecule has 0 saturated carbocycles. The molecule has 32 heavy (non-hydrogen) atoms. The van der Waals surface area contributed by atoms with Crippen LogP contribution in [0.4, 0.5) is 5.95 Å². The van der Waals surface area contributed by atoms with Gasteiger partial charge in [-0.3, -0.25) is 4.57 Å². The summed E-state index contributed by atoms with van der Waals surface area (Å²) in [4.78, 5) is 5.83. The van der Waals surface area contributed by atoms with Gasteiger partial charge < -0.3 is 30.5 Å². The molecule has 1 aromatic heterocycles. The molecular weight excluding hydrogens is 430 g/mol. The number of benzene rings is 2. The SMILES string of the molecule is OCCCCSc1cccc(CNc2nc3ccccc3n2[C@@H]2O[C@H](CO)[C@@H](O)[C@H]2O)c1. The van der Waals surface area contributed by atoms with Crippen LogP contribution in [-0.4, -0.2) is 67.3 Å². The van der Waals surface area contributed by atoms with E-state index in [0.717, 1.165) is 35.2 Å². The maximum atomic E-state index is 10.6. The number of nitrogens with zero attached hydrogens (tertiary/aromatic N) is 2. The molecule has 0 unspecified atom stereocenters. The minimum absolute atomic E-state index is 0.223. The van der Waals surface area contributed by atoms with E-state index in [1.807, 2.05) is 36.4 Å². The summed E-state index contributed by atoms with van der Waals surface area (Å²) in [7, 11) is 0. The second-order valence-corrected chi connectivity index (χ2v) is 8.97. The highest BCUT2D eigenvalue weighted by Crippen LogP contribution is 2.35. The highest BCUT2D eigenvalue weighted by molar-refractivity contribution is 7.99. The van der Waals surface area contributed by atoms with E-state index in [-0.39, 0.29) is 13.2 Å². The molecule has 5 N–H and O–H groups in total. The van der Waals surface area contributed by atoms with Crippen LogP contribution in [0.25, 0.3) is 11.0 Å². The number of para-hydroxylation sites is 2. The van der Waals surface area contributed by atoms with Gasteiger partial charge in [-0.15, -0.1) is 11.8 Å². The van der Waals surface area contributed by atoms with E-state index < -0.39 is 24.5 Å². The van der Waals surface area contributed by atoms with E-state index in [4.69, 9.17) is 9.84 Å². The van der Waals surface area contributed by atoms with Crippen molar-refractivity contribution >= 4 is 28.7 Å². The average Bonchev–Trinajstić information content (AvgIpc) is 3.32. The van der Waals surface area contributed by atoms with E-state index in [2.05, 4.69) is 22.4 Å². The van der Waals surface area contributed by atoms with Gasteiger partial charge in [0.25, 0.3) is 0 Å². The van der Waals surface area contributed by atoms with Crippen molar-refractivity contribution in [3.63, 3.8) is 0 Å². The van der Waals surface area contributed by atoms with E-state index in [0.29, 0.717) is 12.5 Å². The maximum Gasteiger partial charge on any atom is 0.206 e. The summed E-state index contributed by atoms with van der Waals surface area (Å²) < 4.78 is 7.52. The summed E-state index contributed by atoms with van der Waals surface area (Å²) in [6, 6.07) is 15.8. The Hall–Kier alpha value is -2.14. The lowest BCUT2D eigenvalue weighted by Crippen LogP contribution is -2.33. The highest BCUT2D eigenvalue weighted by Gasteiger charge is 2.44. The highest BCUT2D eigenvalue weighted by atomic mass is 32.2. The predicted octanol–water partition coefficient (Wildman–Crippen LogP) is 2.12. The van der Waals surface area contributed by atoms with Crippen molar-refractivity contribution in [3.05, 3.63) is 54.1 Å². The van der Waals surface area contributed by atoms with Gasteiger partial charge in [-0.2, -0.15) is 0 Å². The molecule has 2 heterocycles. The lowest BCUT2D eigenvalue weighted by molar-refractivity contribution is -0.0499. The fourth-order valence-electron chi connectivity index (χ4n) is 3.85. The van der Waals surface area contributed by atoms with Gasteiger partial charge in [-0.05, 0) is 48.4 Å². The molecule has 2 aromatic carbocycles. The summed E-state index contributed by atoms with van der Waals surface area (Å²) in [5.74, 6) is 1.47. The van der Waals surface area contributed by atoms with Gasteiger partial charge in [0.2, 0.25) is 5.95 Å². The van der Waals surface area contributed by atoms with Crippen molar-refractivity contribution in [2.45, 2.75) is 48.8 Å². The Balaban J connectivity index is 1.54. The van der Waals surface area contributed by atoms with Gasteiger partial charge in [0.05, 0.1) is 17.6 Å². The molecule has 1 aliphatic heterocycles. The number of thioether (sulfide) groups is 1. The number of aliphatic hydroxyl groups is 4. The molecule has 0 spiro atoms. The first kappa shape index (κ1) is 23.0. The summed E-state index contributed by atoms with van der Waals surface area (Å²) in [5, 5.41) is 42.5. The third-order valence-corrected chi connectivity index (χ3v) is 6.62. The lowest BCUT2D eigenvalue weighted by Gasteiger charge is -2.20. The number of fused-ring (bicyclic) bond motifs is 1. The molecule has 4 atom stereocenters. The molecule has 0 bridgehead atoms. The smallest absolute Gasteiger partial charge is 0.206 e. The standard InChI is InChI=1S/C23H29N3O5S/c27-10-3-4-11-32-16-7-5-6-15(12-16)13-24-23-25-17-8-1-2-9-18(17)26(23)22-21(30)20(29)19(14-28)31-22/h1-2,5-9,12,19-22,27-30H,3-4,10-11,13-14H2,(H,24,25)/t19-,20-,21-,22-/m1/s1. The first-order valence-electron chi connectivity index (χ1n) is 10.8. The third kappa shape index (κ3) is 4.93. The van der Waals surface area contributed by atoms with E-state index >= 15 is 0 Å². The van der Waals surface area contributed by atoms with Crippen LogP contribution >= 0.6 is 11.8 Å². The zero-order valence-electron chi connectivity index (χ0n) is 17.7. The van der Waals surface area contributed by atoms with Crippen molar-refractivity contribution in [2.24, 2.45) is 0 Å². The molecule has 172 valence electrons. The first-order chi connectivity index (χ1) is 15.6. The second kappa shape index (κ2) is 10.7. The minimum Gasteiger partial charge on any atom is -0.396 e. The monoisotopic (exact) mass is 459 g/mol. The summed E-state index contributed by atoms with van der Waals surface area (Å²) >= 11 is 1.76. The van der Waals surface area contributed by atoms with Gasteiger partial charge in [0.15, 0.2) is 6.23 Å². The van der Waals surface area contributed by atoms with Crippen LogP contribution in [-0.2, 0) is 11.3 Å². The number of imidazole rings is 1. The molecule has 9 heteroatoms. The van der Waals surface area contributed by atoms with Crippen molar-refractivity contribution in [1.29, 1.82) is 0 Å². The van der Waals surface area contributed by atoms with Crippen LogP contribution < -0.4 is 5.32 Å². The Morgan fingerprint density at radius 2 is 1.88 bits per heavy atom. The summed E-state index contributed by atoms with van der Waals surface area (Å²) in [6.45, 7) is 0.358. The van der Waals surface area contributed by atoms with Crippen LogP contribution in [0.15, 0.2) is 53.4 Å². The van der Waals surface area contributed by atoms with E-state index in [1.165, 1.54) is 4.90 Å². The van der Waals surface area contributed by atoms with Gasteiger partial charge in [0.1, 0.15) is 18.3 Å². The number of hydrogen-bond donors (Lipinski definition) is 5. The first-order valence-corrected chi connectivity index (χ1v) is 11.8. The number of anilines is 1. The van der Waals surface area contributed by atoms with Crippen LogP contribution in [0.3, 0.4) is 0 Å². The number of unbranched alkanes of at least 4 members (excludes halogenated alkanes) is 1. The van der Waals surface area contributed by atoms with Crippen molar-refractivity contribution in [3.8, 4) is 0 Å². The average molecular weight is 460 g/mol. The number of aromatic nitrogens is 2. The van der Waals surface area contributed by atoms with E-state index in [9.17, 15) is 15.3 Å². The third-order valence-electron chi connectivity index (χ3n) is 5.54. The molecule has 8 nitrogen and oxygen atoms in total. The fraction of sp³-hybridized carbons (Fsp3) is 0.435. The molecule has 0 radical (unpaired) electrons. The molecule has 3 aromatic rings. The van der Waals surface area contributed by atoms with Gasteiger partial charge in [-0.1, -0.05) is 24.3 Å². The number of ether oxygens (including phenoxy) is 1. The van der Waals surface area contributed by atoms with Crippen LogP contribution in [0.2, 0.25) is 0 Å². The van der Waals surface area contributed by atoms with Crippen LogP contribution in [0.5, 0.6) is 0 Å². The normalized spacial score (nSPS) is 23.1. The Morgan fingerprint density at radius 3 is 2.66 bits per heavy atom. The van der Waals surface area contributed by atoms with Crippen molar-refractivity contribution < 1.29 is 25.2 Å².